The van der Waals surface area contributed by atoms with Crippen molar-refractivity contribution in [1.82, 2.24) is 24.8 Å². The molecule has 0 bridgehead atoms. The number of anilines is 1. The summed E-state index contributed by atoms with van der Waals surface area (Å²) in [4.78, 5) is 53.9. The fraction of sp³-hybridized carbons (Fsp3) is 0.303. The first kappa shape index (κ1) is 31.2. The van der Waals surface area contributed by atoms with Gasteiger partial charge in [-0.25, -0.2) is 14.2 Å². The highest BCUT2D eigenvalue weighted by molar-refractivity contribution is 6.36. The molecule has 4 aromatic rings. The first-order valence-corrected chi connectivity index (χ1v) is 15.2. The van der Waals surface area contributed by atoms with Gasteiger partial charge in [-0.15, -0.1) is 0 Å². The summed E-state index contributed by atoms with van der Waals surface area (Å²) in [6.45, 7) is 0.654. The van der Waals surface area contributed by atoms with E-state index in [1.54, 1.807) is 37.4 Å². The van der Waals surface area contributed by atoms with Gasteiger partial charge in [0.05, 0.1) is 23.5 Å². The van der Waals surface area contributed by atoms with Crippen LogP contribution in [0, 0.1) is 5.82 Å². The van der Waals surface area contributed by atoms with Crippen LogP contribution in [-0.4, -0.2) is 45.6 Å². The van der Waals surface area contributed by atoms with Gasteiger partial charge in [0, 0.05) is 67.6 Å². The number of carbonyl (C=O) groups excluding carboxylic acids is 2. The maximum atomic E-state index is 15.9. The summed E-state index contributed by atoms with van der Waals surface area (Å²) in [7, 11) is 4.24. The molecule has 1 saturated heterocycles. The van der Waals surface area contributed by atoms with Gasteiger partial charge < -0.3 is 25.3 Å². The molecule has 1 aliphatic carbocycles. The Morgan fingerprint density at radius 3 is 2.57 bits per heavy atom. The maximum absolute atomic E-state index is 15.9. The molecular weight excluding hydrogens is 615 g/mol. The molecule has 0 radical (unpaired) electrons. The Morgan fingerprint density at radius 2 is 1.83 bits per heavy atom. The number of ether oxygens (including phenoxy) is 1. The molecule has 1 fully saturated rings. The maximum Gasteiger partial charge on any atom is 0.330 e. The van der Waals surface area contributed by atoms with Crippen LogP contribution >= 0.6 is 11.6 Å². The Hall–Kier alpha value is -4.81. The Labute approximate surface area is 268 Å². The normalized spacial score (nSPS) is 17.1. The lowest BCUT2D eigenvalue weighted by atomic mass is 9.98. The van der Waals surface area contributed by atoms with E-state index in [9.17, 15) is 19.2 Å². The van der Waals surface area contributed by atoms with Crippen LogP contribution in [-0.2, 0) is 25.3 Å². The molecule has 3 N–H and O–H groups in total. The van der Waals surface area contributed by atoms with Crippen LogP contribution in [0.15, 0.2) is 58.3 Å². The number of hydrogen-bond donors (Lipinski definition) is 3. The van der Waals surface area contributed by atoms with Crippen molar-refractivity contribution in [3.8, 4) is 28.3 Å². The summed E-state index contributed by atoms with van der Waals surface area (Å²) in [5.74, 6) is -1.06. The van der Waals surface area contributed by atoms with Gasteiger partial charge in [0.1, 0.15) is 5.56 Å². The molecule has 3 heterocycles. The van der Waals surface area contributed by atoms with E-state index < -0.39 is 23.0 Å². The number of pyridine rings is 1. The number of methoxy groups -OCH3 is 1. The minimum absolute atomic E-state index is 0.0267. The number of hydrogen-bond acceptors (Lipinski definition) is 7. The number of rotatable bonds is 8. The van der Waals surface area contributed by atoms with Gasteiger partial charge in [0.2, 0.25) is 11.8 Å². The fourth-order valence-corrected chi connectivity index (χ4v) is 6.47. The zero-order chi connectivity index (χ0) is 32.7. The van der Waals surface area contributed by atoms with Crippen LogP contribution in [0.25, 0.3) is 22.4 Å². The standard InChI is InChI=1S/C33H32ClFN6O5/c1-40-16-22(32(44)41(2)33(40)45)30(43)38-24-9-5-7-20(29(24)35)19-6-4-8-21(28(19)34)25-14-17-10-12-23(27(17)31(39-25)46-3)36-15-18-11-13-26(42)37-18/h4-9,14,16,18,23,36H,10-13,15H2,1-3H3,(H,37,42)(H,38,43)/t18?,23-/m0/s1. The number of nitrogens with one attached hydrogen (secondary N) is 3. The zero-order valence-corrected chi connectivity index (χ0v) is 26.2. The quantitative estimate of drug-likeness (QED) is 0.265. The predicted molar refractivity (Wildman–Crippen MR) is 172 cm³/mol. The van der Waals surface area contributed by atoms with Gasteiger partial charge in [0.25, 0.3) is 11.5 Å². The van der Waals surface area contributed by atoms with Gasteiger partial charge in [-0.3, -0.25) is 19.0 Å². The third kappa shape index (κ3) is 5.69. The second-order valence-electron chi connectivity index (χ2n) is 11.5. The van der Waals surface area contributed by atoms with Crippen molar-refractivity contribution in [1.29, 1.82) is 0 Å². The van der Waals surface area contributed by atoms with Crippen molar-refractivity contribution >= 4 is 29.1 Å². The third-order valence-corrected chi connectivity index (χ3v) is 8.96. The van der Waals surface area contributed by atoms with Gasteiger partial charge in [-0.2, -0.15) is 0 Å². The van der Waals surface area contributed by atoms with Crippen LogP contribution in [0.1, 0.15) is 46.8 Å². The summed E-state index contributed by atoms with van der Waals surface area (Å²) in [5, 5.41) is 9.25. The molecule has 1 unspecified atom stereocenters. The minimum atomic E-state index is -0.859. The monoisotopic (exact) mass is 646 g/mol. The van der Waals surface area contributed by atoms with Crippen LogP contribution in [0.5, 0.6) is 5.88 Å². The van der Waals surface area contributed by atoms with Crippen molar-refractivity contribution in [3.63, 3.8) is 0 Å². The van der Waals surface area contributed by atoms with Gasteiger partial charge in [-0.05, 0) is 37.0 Å². The molecule has 0 spiro atoms. The van der Waals surface area contributed by atoms with Gasteiger partial charge in [0.15, 0.2) is 5.82 Å². The topological polar surface area (TPSA) is 136 Å². The molecule has 2 atom stereocenters. The summed E-state index contributed by atoms with van der Waals surface area (Å²) in [6.07, 6.45) is 4.11. The molecule has 13 heteroatoms. The smallest absolute Gasteiger partial charge is 0.330 e. The van der Waals surface area contributed by atoms with Crippen LogP contribution in [0.4, 0.5) is 10.1 Å². The van der Waals surface area contributed by atoms with E-state index in [0.717, 1.165) is 45.7 Å². The van der Waals surface area contributed by atoms with E-state index in [-0.39, 0.29) is 39.8 Å². The second-order valence-corrected chi connectivity index (χ2v) is 11.9. The lowest BCUT2D eigenvalue weighted by Gasteiger charge is -2.20. The molecule has 238 valence electrons. The molecule has 0 saturated carbocycles. The van der Waals surface area contributed by atoms with Crippen molar-refractivity contribution < 1.29 is 18.7 Å². The van der Waals surface area contributed by atoms with Crippen molar-refractivity contribution in [3.05, 3.63) is 97.0 Å². The third-order valence-electron chi connectivity index (χ3n) is 8.55. The summed E-state index contributed by atoms with van der Waals surface area (Å²) in [6, 6.07) is 11.8. The van der Waals surface area contributed by atoms with E-state index in [2.05, 4.69) is 16.0 Å². The van der Waals surface area contributed by atoms with Gasteiger partial charge >= 0.3 is 5.69 Å². The second kappa shape index (κ2) is 12.5. The largest absolute Gasteiger partial charge is 0.481 e. The van der Waals surface area contributed by atoms with E-state index in [4.69, 9.17) is 21.3 Å². The SMILES string of the molecule is COc1nc(-c2cccc(-c3cccc(NC(=O)c4cn(C)c(=O)n(C)c4=O)c3F)c2Cl)cc2c1[C@@H](NCC1CCC(=O)N1)CC2. The molecule has 11 nitrogen and oxygen atoms in total. The van der Waals surface area contributed by atoms with Crippen molar-refractivity contribution in [2.24, 2.45) is 14.1 Å². The average Bonchev–Trinajstić information content (AvgIpc) is 3.66. The molecule has 6 rings (SSSR count). The Bertz CT molecular complexity index is 2010. The molecule has 2 amide bonds. The zero-order valence-electron chi connectivity index (χ0n) is 25.4. The van der Waals surface area contributed by atoms with Crippen molar-refractivity contribution in [2.75, 3.05) is 19.0 Å². The van der Waals surface area contributed by atoms with E-state index in [1.165, 1.54) is 20.2 Å². The van der Waals surface area contributed by atoms with E-state index >= 15 is 4.39 Å². The average molecular weight is 647 g/mol. The van der Waals surface area contributed by atoms with Crippen LogP contribution in [0.2, 0.25) is 5.02 Å². The lowest BCUT2D eigenvalue weighted by molar-refractivity contribution is -0.119. The Morgan fingerprint density at radius 1 is 1.09 bits per heavy atom. The summed E-state index contributed by atoms with van der Waals surface area (Å²) in [5.41, 5.74) is 1.85. The highest BCUT2D eigenvalue weighted by atomic mass is 35.5. The first-order chi connectivity index (χ1) is 22.1. The molecule has 2 aromatic carbocycles. The summed E-state index contributed by atoms with van der Waals surface area (Å²) < 4.78 is 23.6. The molecule has 1 aliphatic heterocycles. The van der Waals surface area contributed by atoms with Crippen LogP contribution in [0.3, 0.4) is 0 Å². The number of fused-ring (bicyclic) bond motifs is 1. The minimum Gasteiger partial charge on any atom is -0.481 e. The number of amides is 2. The number of nitrogens with zero attached hydrogens (tertiary/aromatic N) is 3. The highest BCUT2D eigenvalue weighted by Gasteiger charge is 2.30. The lowest BCUT2D eigenvalue weighted by Crippen LogP contribution is -2.40. The van der Waals surface area contributed by atoms with Crippen molar-refractivity contribution in [2.45, 2.75) is 37.8 Å². The van der Waals surface area contributed by atoms with Gasteiger partial charge in [-0.1, -0.05) is 41.9 Å². The number of halogens is 2. The summed E-state index contributed by atoms with van der Waals surface area (Å²) >= 11 is 6.93. The highest BCUT2D eigenvalue weighted by Crippen LogP contribution is 2.43. The molecule has 46 heavy (non-hydrogen) atoms. The molecular formula is C33H32ClFN6O5. The number of aryl methyl sites for hydroxylation is 2. The number of carbonyl (C=O) groups is 2. The van der Waals surface area contributed by atoms with E-state index in [1.807, 2.05) is 6.07 Å². The predicted octanol–water partition coefficient (Wildman–Crippen LogP) is 3.72. The van der Waals surface area contributed by atoms with Crippen LogP contribution < -0.4 is 31.9 Å². The number of benzene rings is 2. The molecule has 2 aliphatic rings. The number of aromatic nitrogens is 3. The fourth-order valence-electron chi connectivity index (χ4n) is 6.15. The first-order valence-electron chi connectivity index (χ1n) is 14.8. The molecule has 2 aromatic heterocycles. The Kier molecular flexibility index (Phi) is 8.49. The Balaban J connectivity index is 1.29. The van der Waals surface area contributed by atoms with E-state index in [0.29, 0.717) is 35.7 Å².